The van der Waals surface area contributed by atoms with Crippen molar-refractivity contribution in [3.05, 3.63) is 0 Å². The van der Waals surface area contributed by atoms with Crippen molar-refractivity contribution >= 4 is 17.7 Å². The first kappa shape index (κ1) is 11.8. The second-order valence-corrected chi connectivity index (χ2v) is 3.97. The number of amides is 1. The Morgan fingerprint density at radius 1 is 1.58 bits per heavy atom. The predicted molar refractivity (Wildman–Crippen MR) is 54.3 cm³/mol. The smallest absolute Gasteiger partial charge is 0.236 e. The largest absolute Gasteiger partial charge is 0.352 e. The van der Waals surface area contributed by atoms with Gasteiger partial charge in [-0.3, -0.25) is 4.79 Å². The number of nitrogens with two attached hydrogens (primary N) is 1. The first-order chi connectivity index (χ1) is 5.57. The average Bonchev–Trinajstić information content (AvgIpc) is 2.00. The second-order valence-electron chi connectivity index (χ2n) is 2.98. The SMILES string of the molecule is CSCCC(C)NC(=O)C(C)N. The molecule has 0 rings (SSSR count). The number of carbonyl (C=O) groups excluding carboxylic acids is 1. The van der Waals surface area contributed by atoms with Crippen LogP contribution in [0.25, 0.3) is 0 Å². The normalized spacial score (nSPS) is 15.3. The van der Waals surface area contributed by atoms with Crippen molar-refractivity contribution in [3.8, 4) is 0 Å². The highest BCUT2D eigenvalue weighted by atomic mass is 32.2. The maximum atomic E-state index is 11.1. The van der Waals surface area contributed by atoms with Crippen LogP contribution in [0.1, 0.15) is 20.3 Å². The van der Waals surface area contributed by atoms with Gasteiger partial charge < -0.3 is 11.1 Å². The van der Waals surface area contributed by atoms with E-state index in [1.807, 2.05) is 6.92 Å². The number of nitrogens with one attached hydrogen (secondary N) is 1. The Labute approximate surface area is 78.5 Å². The van der Waals surface area contributed by atoms with E-state index in [0.29, 0.717) is 0 Å². The Balaban J connectivity index is 3.54. The van der Waals surface area contributed by atoms with Gasteiger partial charge in [0.1, 0.15) is 0 Å². The molecule has 0 bridgehead atoms. The lowest BCUT2D eigenvalue weighted by molar-refractivity contribution is -0.122. The van der Waals surface area contributed by atoms with Crippen molar-refractivity contribution in [3.63, 3.8) is 0 Å². The molecule has 0 saturated carbocycles. The molecule has 0 radical (unpaired) electrons. The van der Waals surface area contributed by atoms with E-state index in [9.17, 15) is 4.79 Å². The monoisotopic (exact) mass is 190 g/mol. The summed E-state index contributed by atoms with van der Waals surface area (Å²) in [6.45, 7) is 3.69. The summed E-state index contributed by atoms with van der Waals surface area (Å²) < 4.78 is 0. The maximum Gasteiger partial charge on any atom is 0.236 e. The van der Waals surface area contributed by atoms with Crippen LogP contribution in [0, 0.1) is 0 Å². The van der Waals surface area contributed by atoms with E-state index < -0.39 is 6.04 Å². The third-order valence-electron chi connectivity index (χ3n) is 1.56. The molecule has 3 nitrogen and oxygen atoms in total. The zero-order valence-electron chi connectivity index (χ0n) is 7.96. The van der Waals surface area contributed by atoms with E-state index in [-0.39, 0.29) is 11.9 Å². The molecular weight excluding hydrogens is 172 g/mol. The highest BCUT2D eigenvalue weighted by Gasteiger charge is 2.09. The summed E-state index contributed by atoms with van der Waals surface area (Å²) in [6.07, 6.45) is 3.06. The molecule has 0 heterocycles. The molecule has 0 saturated heterocycles. The average molecular weight is 190 g/mol. The molecule has 1 amide bonds. The lowest BCUT2D eigenvalue weighted by atomic mass is 10.2. The first-order valence-electron chi connectivity index (χ1n) is 4.12. The van der Waals surface area contributed by atoms with Gasteiger partial charge in [-0.2, -0.15) is 11.8 Å². The van der Waals surface area contributed by atoms with Crippen molar-refractivity contribution in [2.45, 2.75) is 32.4 Å². The first-order valence-corrected chi connectivity index (χ1v) is 5.52. The van der Waals surface area contributed by atoms with Crippen molar-refractivity contribution in [2.75, 3.05) is 12.0 Å². The van der Waals surface area contributed by atoms with Gasteiger partial charge in [0, 0.05) is 6.04 Å². The Kier molecular flexibility index (Phi) is 6.20. The van der Waals surface area contributed by atoms with Gasteiger partial charge in [-0.1, -0.05) is 0 Å². The minimum atomic E-state index is -0.401. The van der Waals surface area contributed by atoms with Crippen molar-refractivity contribution in [1.29, 1.82) is 0 Å². The fraction of sp³-hybridized carbons (Fsp3) is 0.875. The molecule has 0 aliphatic carbocycles. The molecule has 0 aromatic rings. The van der Waals surface area contributed by atoms with Crippen LogP contribution in [-0.4, -0.2) is 30.0 Å². The van der Waals surface area contributed by atoms with Gasteiger partial charge in [0.25, 0.3) is 0 Å². The molecule has 0 aromatic carbocycles. The van der Waals surface area contributed by atoms with Crippen LogP contribution in [0.5, 0.6) is 0 Å². The number of hydrogen-bond donors (Lipinski definition) is 2. The van der Waals surface area contributed by atoms with Crippen LogP contribution in [0.4, 0.5) is 0 Å². The minimum Gasteiger partial charge on any atom is -0.352 e. The summed E-state index contributed by atoms with van der Waals surface area (Å²) in [5.74, 6) is 1.00. The van der Waals surface area contributed by atoms with E-state index in [1.165, 1.54) is 0 Å². The molecule has 72 valence electrons. The summed E-state index contributed by atoms with van der Waals surface area (Å²) in [5.41, 5.74) is 5.40. The fourth-order valence-electron chi connectivity index (χ4n) is 0.741. The highest BCUT2D eigenvalue weighted by molar-refractivity contribution is 7.98. The lowest BCUT2D eigenvalue weighted by Gasteiger charge is -2.14. The molecule has 3 N–H and O–H groups in total. The third kappa shape index (κ3) is 5.43. The van der Waals surface area contributed by atoms with Crippen LogP contribution < -0.4 is 11.1 Å². The number of thioether (sulfide) groups is 1. The Hall–Kier alpha value is -0.220. The summed E-state index contributed by atoms with van der Waals surface area (Å²) in [4.78, 5) is 11.1. The minimum absolute atomic E-state index is 0.0661. The van der Waals surface area contributed by atoms with Gasteiger partial charge in [-0.25, -0.2) is 0 Å². The van der Waals surface area contributed by atoms with Crippen LogP contribution in [-0.2, 0) is 4.79 Å². The summed E-state index contributed by atoms with van der Waals surface area (Å²) in [5, 5.41) is 2.84. The van der Waals surface area contributed by atoms with Crippen LogP contribution in [0.15, 0.2) is 0 Å². The standard InChI is InChI=1S/C8H18N2OS/c1-6(4-5-12-3)10-8(11)7(2)9/h6-7H,4-5,9H2,1-3H3,(H,10,11). The van der Waals surface area contributed by atoms with E-state index in [1.54, 1.807) is 18.7 Å². The van der Waals surface area contributed by atoms with E-state index >= 15 is 0 Å². The Morgan fingerprint density at radius 3 is 2.58 bits per heavy atom. The second kappa shape index (κ2) is 6.31. The van der Waals surface area contributed by atoms with Gasteiger partial charge in [0.15, 0.2) is 0 Å². The molecule has 0 aliphatic rings. The molecule has 0 aromatic heterocycles. The van der Waals surface area contributed by atoms with Crippen LogP contribution in [0.3, 0.4) is 0 Å². The summed E-state index contributed by atoms with van der Waals surface area (Å²) in [7, 11) is 0. The van der Waals surface area contributed by atoms with Gasteiger partial charge in [-0.15, -0.1) is 0 Å². The lowest BCUT2D eigenvalue weighted by Crippen LogP contribution is -2.42. The molecule has 4 heteroatoms. The number of rotatable bonds is 5. The van der Waals surface area contributed by atoms with Crippen molar-refractivity contribution < 1.29 is 4.79 Å². The fourth-order valence-corrected chi connectivity index (χ4v) is 1.33. The molecule has 0 spiro atoms. The van der Waals surface area contributed by atoms with E-state index in [4.69, 9.17) is 5.73 Å². The number of carbonyl (C=O) groups is 1. The Morgan fingerprint density at radius 2 is 2.17 bits per heavy atom. The van der Waals surface area contributed by atoms with Gasteiger partial charge in [-0.05, 0) is 32.3 Å². The van der Waals surface area contributed by atoms with Crippen molar-refractivity contribution in [1.82, 2.24) is 5.32 Å². The highest BCUT2D eigenvalue weighted by Crippen LogP contribution is 1.99. The summed E-state index contributed by atoms with van der Waals surface area (Å²) >= 11 is 1.78. The zero-order valence-corrected chi connectivity index (χ0v) is 8.78. The third-order valence-corrected chi connectivity index (χ3v) is 2.20. The molecule has 2 atom stereocenters. The quantitative estimate of drug-likeness (QED) is 0.667. The maximum absolute atomic E-state index is 11.1. The Bertz CT molecular complexity index is 139. The number of hydrogen-bond acceptors (Lipinski definition) is 3. The van der Waals surface area contributed by atoms with Gasteiger partial charge in [0.05, 0.1) is 6.04 Å². The van der Waals surface area contributed by atoms with E-state index in [0.717, 1.165) is 12.2 Å². The van der Waals surface area contributed by atoms with Gasteiger partial charge in [0.2, 0.25) is 5.91 Å². The summed E-state index contributed by atoms with van der Waals surface area (Å²) in [6, 6.07) is -0.169. The topological polar surface area (TPSA) is 55.1 Å². The molecule has 12 heavy (non-hydrogen) atoms. The van der Waals surface area contributed by atoms with Gasteiger partial charge >= 0.3 is 0 Å². The zero-order chi connectivity index (χ0) is 9.56. The molecule has 0 fully saturated rings. The van der Waals surface area contributed by atoms with E-state index in [2.05, 4.69) is 11.6 Å². The van der Waals surface area contributed by atoms with Crippen LogP contribution in [0.2, 0.25) is 0 Å². The van der Waals surface area contributed by atoms with Crippen LogP contribution >= 0.6 is 11.8 Å². The molecule has 2 unspecified atom stereocenters. The predicted octanol–water partition coefficient (Wildman–Crippen LogP) is 0.591. The van der Waals surface area contributed by atoms with Crippen molar-refractivity contribution in [2.24, 2.45) is 5.73 Å². The molecule has 0 aliphatic heterocycles. The molecular formula is C8H18N2OS.